The van der Waals surface area contributed by atoms with E-state index < -0.39 is 11.9 Å². The maximum absolute atomic E-state index is 12.0. The zero-order valence-electron chi connectivity index (χ0n) is 15.7. The third-order valence-electron chi connectivity index (χ3n) is 4.02. The van der Waals surface area contributed by atoms with Crippen LogP contribution in [0.25, 0.3) is 11.0 Å². The predicted molar refractivity (Wildman–Crippen MR) is 99.9 cm³/mol. The van der Waals surface area contributed by atoms with Crippen molar-refractivity contribution in [2.24, 2.45) is 0 Å². The Morgan fingerprint density at radius 3 is 2.31 bits per heavy atom. The van der Waals surface area contributed by atoms with E-state index in [1.54, 1.807) is 36.4 Å². The molecule has 150 valence electrons. The molecule has 3 aromatic rings. The number of methoxy groups -OCH3 is 2. The molecule has 0 saturated heterocycles. The molecular formula is C19H18N4O6. The lowest BCUT2D eigenvalue weighted by Crippen LogP contribution is -2.31. The van der Waals surface area contributed by atoms with Crippen molar-refractivity contribution < 1.29 is 28.7 Å². The van der Waals surface area contributed by atoms with Gasteiger partial charge in [-0.25, -0.2) is 9.59 Å². The fraction of sp³-hybridized carbons (Fsp3) is 0.211. The summed E-state index contributed by atoms with van der Waals surface area (Å²) in [5, 5.41) is 10.4. The predicted octanol–water partition coefficient (Wildman–Crippen LogP) is 0.749. The maximum atomic E-state index is 12.0. The van der Waals surface area contributed by atoms with E-state index in [4.69, 9.17) is 4.84 Å². The van der Waals surface area contributed by atoms with Gasteiger partial charge in [-0.3, -0.25) is 4.79 Å². The van der Waals surface area contributed by atoms with Crippen molar-refractivity contribution in [3.05, 3.63) is 59.2 Å². The van der Waals surface area contributed by atoms with Crippen LogP contribution in [0.5, 0.6) is 0 Å². The monoisotopic (exact) mass is 398 g/mol. The van der Waals surface area contributed by atoms with Crippen molar-refractivity contribution in [3.8, 4) is 0 Å². The van der Waals surface area contributed by atoms with E-state index in [-0.39, 0.29) is 19.1 Å². The molecule has 0 fully saturated rings. The molecule has 29 heavy (non-hydrogen) atoms. The molecule has 2 aromatic carbocycles. The van der Waals surface area contributed by atoms with Gasteiger partial charge in [-0.05, 0) is 41.1 Å². The van der Waals surface area contributed by atoms with Crippen molar-refractivity contribution >= 4 is 28.9 Å². The zero-order chi connectivity index (χ0) is 20.8. The Hall–Kier alpha value is -3.95. The third kappa shape index (κ3) is 4.67. The van der Waals surface area contributed by atoms with Crippen LogP contribution in [0.1, 0.15) is 26.3 Å². The Kier molecular flexibility index (Phi) is 6.03. The van der Waals surface area contributed by atoms with E-state index >= 15 is 0 Å². The van der Waals surface area contributed by atoms with Crippen LogP contribution in [0.4, 0.5) is 0 Å². The molecule has 1 N–H and O–H groups in total. The molecule has 1 aromatic heterocycles. The minimum absolute atomic E-state index is 0.258. The molecule has 10 nitrogen and oxygen atoms in total. The van der Waals surface area contributed by atoms with Gasteiger partial charge >= 0.3 is 11.9 Å². The largest absolute Gasteiger partial charge is 0.465 e. The highest BCUT2D eigenvalue weighted by Gasteiger charge is 2.12. The van der Waals surface area contributed by atoms with Crippen molar-refractivity contribution in [2.75, 3.05) is 20.8 Å². The quantitative estimate of drug-likeness (QED) is 0.579. The smallest absolute Gasteiger partial charge is 0.337 e. The van der Waals surface area contributed by atoms with Crippen LogP contribution in [0.3, 0.4) is 0 Å². The van der Waals surface area contributed by atoms with E-state index in [0.717, 1.165) is 10.4 Å². The summed E-state index contributed by atoms with van der Waals surface area (Å²) >= 11 is 0. The molecule has 0 saturated carbocycles. The highest BCUT2D eigenvalue weighted by molar-refractivity contribution is 5.93. The fourth-order valence-corrected chi connectivity index (χ4v) is 2.49. The van der Waals surface area contributed by atoms with E-state index in [1.807, 2.05) is 0 Å². The summed E-state index contributed by atoms with van der Waals surface area (Å²) in [6, 6.07) is 11.3. The minimum Gasteiger partial charge on any atom is -0.465 e. The second-order valence-corrected chi connectivity index (χ2v) is 5.90. The lowest BCUT2D eigenvalue weighted by molar-refractivity contribution is -0.126. The third-order valence-corrected chi connectivity index (χ3v) is 4.02. The topological polar surface area (TPSA) is 122 Å². The van der Waals surface area contributed by atoms with Gasteiger partial charge in [-0.15, -0.1) is 5.10 Å². The molecule has 0 aliphatic heterocycles. The van der Waals surface area contributed by atoms with Gasteiger partial charge in [0.05, 0.1) is 25.3 Å². The molecule has 0 radical (unpaired) electrons. The number of fused-ring (bicyclic) bond motifs is 1. The first-order chi connectivity index (χ1) is 14.0. The number of hydrogen-bond acceptors (Lipinski definition) is 8. The number of hydrogen-bond donors (Lipinski definition) is 1. The number of esters is 2. The zero-order valence-corrected chi connectivity index (χ0v) is 15.7. The lowest BCUT2D eigenvalue weighted by Gasteiger charge is -2.08. The highest BCUT2D eigenvalue weighted by Crippen LogP contribution is 2.13. The first-order valence-corrected chi connectivity index (χ1v) is 8.53. The standard InChI is InChI=1S/C19H18N4O6/c1-27-18(25)13-5-3-12(4-6-13)10-20-17(24)11-29-23-16-9-14(19(26)28-2)7-8-15(16)21-22-23/h3-9H,10-11H2,1-2H3,(H,20,24). The van der Waals surface area contributed by atoms with Gasteiger partial charge in [-0.2, -0.15) is 0 Å². The first-order valence-electron chi connectivity index (χ1n) is 8.53. The molecule has 1 heterocycles. The number of nitrogens with zero attached hydrogens (tertiary/aromatic N) is 3. The van der Waals surface area contributed by atoms with Gasteiger partial charge in [-0.1, -0.05) is 17.0 Å². The number of ether oxygens (including phenoxy) is 2. The normalized spacial score (nSPS) is 10.4. The average molecular weight is 398 g/mol. The summed E-state index contributed by atoms with van der Waals surface area (Å²) in [6.07, 6.45) is 0. The Morgan fingerprint density at radius 1 is 0.966 bits per heavy atom. The van der Waals surface area contributed by atoms with Crippen LogP contribution < -0.4 is 10.2 Å². The summed E-state index contributed by atoms with van der Waals surface area (Å²) in [6.45, 7) is -0.0462. The Balaban J connectivity index is 1.56. The highest BCUT2D eigenvalue weighted by atomic mass is 16.7. The van der Waals surface area contributed by atoms with Crippen molar-refractivity contribution in [1.29, 1.82) is 0 Å². The van der Waals surface area contributed by atoms with Crippen LogP contribution in [-0.2, 0) is 20.8 Å². The summed E-state index contributed by atoms with van der Waals surface area (Å²) in [7, 11) is 2.59. The van der Waals surface area contributed by atoms with Gasteiger partial charge in [0.25, 0.3) is 5.91 Å². The van der Waals surface area contributed by atoms with E-state index in [1.165, 1.54) is 20.3 Å². The van der Waals surface area contributed by atoms with E-state index in [2.05, 4.69) is 25.1 Å². The molecule has 0 atom stereocenters. The first kappa shape index (κ1) is 19.8. The Labute approximate surface area is 165 Å². The maximum Gasteiger partial charge on any atom is 0.337 e. The van der Waals surface area contributed by atoms with E-state index in [9.17, 15) is 14.4 Å². The lowest BCUT2D eigenvalue weighted by atomic mass is 10.1. The molecule has 10 heteroatoms. The number of rotatable bonds is 7. The Morgan fingerprint density at radius 2 is 1.62 bits per heavy atom. The van der Waals surface area contributed by atoms with E-state index in [0.29, 0.717) is 22.2 Å². The number of benzene rings is 2. The number of carbonyl (C=O) groups is 3. The molecular weight excluding hydrogens is 380 g/mol. The van der Waals surface area contributed by atoms with Crippen LogP contribution >= 0.6 is 0 Å². The summed E-state index contributed by atoms with van der Waals surface area (Å²) in [5.74, 6) is -1.31. The van der Waals surface area contributed by atoms with Crippen molar-refractivity contribution in [2.45, 2.75) is 6.54 Å². The SMILES string of the molecule is COC(=O)c1ccc(CNC(=O)COn2nnc3ccc(C(=O)OC)cc32)cc1. The molecule has 0 bridgehead atoms. The second-order valence-electron chi connectivity index (χ2n) is 5.90. The molecule has 3 rings (SSSR count). The van der Waals surface area contributed by atoms with Crippen LogP contribution in [-0.4, -0.2) is 53.8 Å². The number of carbonyl (C=O) groups excluding carboxylic acids is 3. The van der Waals surface area contributed by atoms with Gasteiger partial charge in [0.2, 0.25) is 0 Å². The summed E-state index contributed by atoms with van der Waals surface area (Å²) in [5.41, 5.74) is 2.48. The second kappa shape index (κ2) is 8.83. The van der Waals surface area contributed by atoms with Crippen LogP contribution in [0.2, 0.25) is 0 Å². The molecule has 0 unspecified atom stereocenters. The Bertz CT molecular complexity index is 1040. The van der Waals surface area contributed by atoms with Gasteiger partial charge in [0.1, 0.15) is 11.0 Å². The van der Waals surface area contributed by atoms with Crippen LogP contribution in [0.15, 0.2) is 42.5 Å². The number of aromatic nitrogens is 3. The molecule has 0 aliphatic rings. The number of nitrogens with one attached hydrogen (secondary N) is 1. The van der Waals surface area contributed by atoms with Gasteiger partial charge in [0.15, 0.2) is 6.61 Å². The molecule has 0 aliphatic carbocycles. The van der Waals surface area contributed by atoms with Crippen molar-refractivity contribution in [1.82, 2.24) is 20.5 Å². The number of amides is 1. The minimum atomic E-state index is -0.504. The summed E-state index contributed by atoms with van der Waals surface area (Å²) in [4.78, 5) is 41.5. The fourth-order valence-electron chi connectivity index (χ4n) is 2.49. The van der Waals surface area contributed by atoms with Crippen molar-refractivity contribution in [3.63, 3.8) is 0 Å². The average Bonchev–Trinajstić information content (AvgIpc) is 3.17. The van der Waals surface area contributed by atoms with Gasteiger partial charge < -0.3 is 19.6 Å². The molecule has 0 spiro atoms. The van der Waals surface area contributed by atoms with Gasteiger partial charge in [0, 0.05) is 6.54 Å². The van der Waals surface area contributed by atoms with Crippen LogP contribution in [0, 0.1) is 0 Å². The molecule has 1 amide bonds. The summed E-state index contributed by atoms with van der Waals surface area (Å²) < 4.78 is 9.32.